The first kappa shape index (κ1) is 8.79. The van der Waals surface area contributed by atoms with Gasteiger partial charge in [0.1, 0.15) is 0 Å². The quantitative estimate of drug-likeness (QED) is 0.441. The van der Waals surface area contributed by atoms with Crippen molar-refractivity contribution in [2.24, 2.45) is 0 Å². The van der Waals surface area contributed by atoms with Crippen molar-refractivity contribution in [3.05, 3.63) is 29.0 Å². The van der Waals surface area contributed by atoms with Gasteiger partial charge in [0, 0.05) is 11.3 Å². The minimum atomic E-state index is -0.279. The lowest BCUT2D eigenvalue weighted by Crippen LogP contribution is -2.08. The summed E-state index contributed by atoms with van der Waals surface area (Å²) in [7, 11) is 0. The number of nitrogens with zero attached hydrogens (tertiary/aromatic N) is 1. The van der Waals surface area contributed by atoms with Crippen molar-refractivity contribution in [2.75, 3.05) is 11.0 Å². The molecule has 0 aliphatic heterocycles. The van der Waals surface area contributed by atoms with Crippen LogP contribution in [0.5, 0.6) is 0 Å². The van der Waals surface area contributed by atoms with Gasteiger partial charge in [-0.15, -0.1) is 0 Å². The lowest BCUT2D eigenvalue weighted by molar-refractivity contribution is 0.281. The molecule has 12 heavy (non-hydrogen) atoms. The molecule has 1 aromatic carbocycles. The summed E-state index contributed by atoms with van der Waals surface area (Å²) in [6.07, 6.45) is 0. The van der Waals surface area contributed by atoms with Crippen LogP contribution in [0.1, 0.15) is 5.56 Å². The second-order valence-electron chi connectivity index (χ2n) is 2.31. The first-order valence-corrected chi connectivity index (χ1v) is 3.30. The van der Waals surface area contributed by atoms with Gasteiger partial charge in [0.2, 0.25) is 0 Å². The van der Waals surface area contributed by atoms with Crippen LogP contribution in [0, 0.1) is 5.21 Å². The predicted molar refractivity (Wildman–Crippen MR) is 44.4 cm³/mol. The third kappa shape index (κ3) is 1.65. The number of hydrogen-bond donors (Lipinski definition) is 3. The lowest BCUT2D eigenvalue weighted by atomic mass is 10.2. The number of anilines is 2. The Kier molecular flexibility index (Phi) is 2.49. The summed E-state index contributed by atoms with van der Waals surface area (Å²) < 4.78 is 0. The average molecular weight is 169 g/mol. The van der Waals surface area contributed by atoms with Gasteiger partial charge < -0.3 is 21.3 Å². The fourth-order valence-corrected chi connectivity index (χ4v) is 0.848. The molecule has 1 rings (SSSR count). The van der Waals surface area contributed by atoms with Crippen LogP contribution in [-0.2, 0) is 6.61 Å². The molecule has 5 heteroatoms. The molecule has 0 unspecified atom stereocenters. The van der Waals surface area contributed by atoms with E-state index < -0.39 is 0 Å². The zero-order valence-corrected chi connectivity index (χ0v) is 6.27. The zero-order valence-electron chi connectivity index (χ0n) is 6.27. The number of aliphatic hydroxyl groups is 1. The summed E-state index contributed by atoms with van der Waals surface area (Å²) in [4.78, 5) is 0. The Balaban J connectivity index is 3.05. The Morgan fingerprint density at radius 1 is 1.50 bits per heavy atom. The normalized spacial score (nSPS) is 9.92. The molecule has 0 spiro atoms. The van der Waals surface area contributed by atoms with Crippen molar-refractivity contribution in [3.63, 3.8) is 0 Å². The minimum Gasteiger partial charge on any atom is -0.733 e. The van der Waals surface area contributed by atoms with Gasteiger partial charge in [0.05, 0.1) is 12.3 Å². The van der Waals surface area contributed by atoms with E-state index in [-0.39, 0.29) is 17.5 Å². The van der Waals surface area contributed by atoms with Crippen LogP contribution in [0.4, 0.5) is 11.4 Å². The smallest absolute Gasteiger partial charge is 0.0702 e. The van der Waals surface area contributed by atoms with Crippen LogP contribution in [0.2, 0.25) is 0 Å². The summed E-state index contributed by atoms with van der Waals surface area (Å²) >= 11 is 0. The minimum absolute atomic E-state index is 0.0493. The third-order valence-corrected chi connectivity index (χ3v) is 1.52. The van der Waals surface area contributed by atoms with Crippen LogP contribution in [-0.4, -0.2) is 10.3 Å². The van der Waals surface area contributed by atoms with E-state index in [2.05, 4.69) is 0 Å². The molecule has 0 fully saturated rings. The standard InChI is InChI=1S/C7H9N2O3/c8-7-2-1-6(9(11)12)3-5(7)4-10/h1-3,10-11H,4,8H2/q-1. The first-order valence-electron chi connectivity index (χ1n) is 3.30. The Labute approximate surface area is 69.2 Å². The lowest BCUT2D eigenvalue weighted by Gasteiger charge is -2.22. The van der Waals surface area contributed by atoms with Gasteiger partial charge in [-0.3, -0.25) is 5.21 Å². The van der Waals surface area contributed by atoms with Crippen LogP contribution < -0.4 is 11.0 Å². The first-order chi connectivity index (χ1) is 5.65. The van der Waals surface area contributed by atoms with Crippen LogP contribution in [0.3, 0.4) is 0 Å². The van der Waals surface area contributed by atoms with Crippen molar-refractivity contribution < 1.29 is 10.3 Å². The molecule has 5 nitrogen and oxygen atoms in total. The van der Waals surface area contributed by atoms with E-state index in [0.29, 0.717) is 11.3 Å². The maximum absolute atomic E-state index is 10.4. The molecule has 0 heterocycles. The zero-order chi connectivity index (χ0) is 9.14. The van der Waals surface area contributed by atoms with Crippen molar-refractivity contribution in [3.8, 4) is 0 Å². The van der Waals surface area contributed by atoms with Gasteiger partial charge in [-0.05, 0) is 18.2 Å². The molecule has 0 saturated carbocycles. The predicted octanol–water partition coefficient (Wildman–Crippen LogP) is 0.455. The van der Waals surface area contributed by atoms with E-state index in [1.807, 2.05) is 0 Å². The topological polar surface area (TPSA) is 92.8 Å². The fourth-order valence-electron chi connectivity index (χ4n) is 0.848. The largest absolute Gasteiger partial charge is 0.733 e. The fraction of sp³-hybridized carbons (Fsp3) is 0.143. The molecule has 4 N–H and O–H groups in total. The van der Waals surface area contributed by atoms with E-state index in [0.717, 1.165) is 0 Å². The Hall–Kier alpha value is -1.30. The summed E-state index contributed by atoms with van der Waals surface area (Å²) in [5.74, 6) is 0. The summed E-state index contributed by atoms with van der Waals surface area (Å²) in [6, 6.07) is 4.13. The van der Waals surface area contributed by atoms with Crippen molar-refractivity contribution in [1.82, 2.24) is 0 Å². The summed E-state index contributed by atoms with van der Waals surface area (Å²) in [5.41, 5.74) is 6.30. The molecular formula is C7H9N2O3-. The Morgan fingerprint density at radius 2 is 2.17 bits per heavy atom. The molecule has 0 saturated heterocycles. The second-order valence-corrected chi connectivity index (χ2v) is 2.31. The molecular weight excluding hydrogens is 160 g/mol. The van der Waals surface area contributed by atoms with Gasteiger partial charge in [-0.25, -0.2) is 0 Å². The van der Waals surface area contributed by atoms with E-state index in [1.165, 1.54) is 18.2 Å². The highest BCUT2D eigenvalue weighted by Crippen LogP contribution is 2.19. The van der Waals surface area contributed by atoms with E-state index in [9.17, 15) is 5.21 Å². The highest BCUT2D eigenvalue weighted by Gasteiger charge is 1.99. The van der Waals surface area contributed by atoms with Gasteiger partial charge in [-0.1, -0.05) is 0 Å². The average Bonchev–Trinajstić information content (AvgIpc) is 2.05. The number of aliphatic hydroxyl groups excluding tert-OH is 1. The number of nitrogens with two attached hydrogens (primary N) is 1. The maximum Gasteiger partial charge on any atom is 0.0702 e. The molecule has 0 atom stereocenters. The monoisotopic (exact) mass is 169 g/mol. The van der Waals surface area contributed by atoms with Gasteiger partial charge in [0.15, 0.2) is 0 Å². The number of nitrogen functional groups attached to an aromatic ring is 1. The molecule has 0 aliphatic rings. The Bertz CT molecular complexity index is 275. The summed E-state index contributed by atoms with van der Waals surface area (Å²) in [5, 5.41) is 27.3. The molecule has 66 valence electrons. The van der Waals surface area contributed by atoms with E-state index in [1.54, 1.807) is 0 Å². The van der Waals surface area contributed by atoms with E-state index in [4.69, 9.17) is 16.0 Å². The van der Waals surface area contributed by atoms with Crippen molar-refractivity contribution in [1.29, 1.82) is 0 Å². The highest BCUT2D eigenvalue weighted by molar-refractivity contribution is 5.57. The number of benzene rings is 1. The van der Waals surface area contributed by atoms with Gasteiger partial charge in [0.25, 0.3) is 0 Å². The maximum atomic E-state index is 10.4. The molecule has 0 bridgehead atoms. The van der Waals surface area contributed by atoms with Crippen LogP contribution in [0.25, 0.3) is 0 Å². The number of rotatable bonds is 2. The SMILES string of the molecule is Nc1ccc(N([O-])O)cc1CO. The van der Waals surface area contributed by atoms with Crippen LogP contribution >= 0.6 is 0 Å². The molecule has 0 amide bonds. The van der Waals surface area contributed by atoms with Gasteiger partial charge >= 0.3 is 0 Å². The highest BCUT2D eigenvalue weighted by atomic mass is 16.8. The van der Waals surface area contributed by atoms with Gasteiger partial charge in [-0.2, -0.15) is 0 Å². The Morgan fingerprint density at radius 3 is 2.67 bits per heavy atom. The second kappa shape index (κ2) is 3.40. The molecule has 0 aromatic heterocycles. The summed E-state index contributed by atoms with van der Waals surface area (Å²) in [6.45, 7) is -0.256. The van der Waals surface area contributed by atoms with E-state index >= 15 is 0 Å². The molecule has 1 aromatic rings. The molecule has 0 radical (unpaired) electrons. The van der Waals surface area contributed by atoms with Crippen LogP contribution in [0.15, 0.2) is 18.2 Å². The third-order valence-electron chi connectivity index (χ3n) is 1.52. The van der Waals surface area contributed by atoms with Crippen molar-refractivity contribution in [2.45, 2.75) is 6.61 Å². The van der Waals surface area contributed by atoms with Crippen molar-refractivity contribution >= 4 is 11.4 Å². The number of hydrogen-bond acceptors (Lipinski definition) is 5. The molecule has 0 aliphatic carbocycles.